The SMILES string of the molecule is COc1cc(C(=O)O)ccc1NS(=O)(=O)Nc1ccc2nc(-c3ccc(F)cc3)sc2c1. The van der Waals surface area contributed by atoms with Gasteiger partial charge in [0.2, 0.25) is 0 Å². The van der Waals surface area contributed by atoms with Crippen molar-refractivity contribution in [2.45, 2.75) is 0 Å². The number of carbonyl (C=O) groups is 1. The zero-order valence-electron chi connectivity index (χ0n) is 16.5. The second kappa shape index (κ2) is 8.44. The highest BCUT2D eigenvalue weighted by atomic mass is 32.2. The standard InChI is InChI=1S/C21H16FN3O5S2/c1-30-18-10-13(21(26)27)4-8-16(18)25-32(28,29)24-15-7-9-17-19(11-15)31-20(23-17)12-2-5-14(22)6-3-12/h2-11,24-25H,1H3,(H,26,27). The minimum absolute atomic E-state index is 0.0367. The molecule has 0 spiro atoms. The van der Waals surface area contributed by atoms with Gasteiger partial charge in [0.15, 0.2) is 0 Å². The van der Waals surface area contributed by atoms with Gasteiger partial charge in [-0.1, -0.05) is 0 Å². The molecular weight excluding hydrogens is 457 g/mol. The third kappa shape index (κ3) is 4.63. The summed E-state index contributed by atoms with van der Waals surface area (Å²) in [6.07, 6.45) is 0. The van der Waals surface area contributed by atoms with Crippen molar-refractivity contribution in [3.63, 3.8) is 0 Å². The Hall–Kier alpha value is -3.70. The molecule has 11 heteroatoms. The minimum Gasteiger partial charge on any atom is -0.495 e. The molecule has 0 amide bonds. The topological polar surface area (TPSA) is 118 Å². The molecule has 0 fully saturated rings. The first-order chi connectivity index (χ1) is 15.2. The van der Waals surface area contributed by atoms with Crippen LogP contribution in [-0.2, 0) is 10.2 Å². The van der Waals surface area contributed by atoms with Crippen molar-refractivity contribution in [2.75, 3.05) is 16.6 Å². The van der Waals surface area contributed by atoms with Crippen molar-refractivity contribution in [1.29, 1.82) is 0 Å². The van der Waals surface area contributed by atoms with E-state index in [1.807, 2.05) is 0 Å². The molecule has 164 valence electrons. The summed E-state index contributed by atoms with van der Waals surface area (Å²) < 4.78 is 49.0. The van der Waals surface area contributed by atoms with Gasteiger partial charge in [-0.05, 0) is 60.7 Å². The fourth-order valence-corrected chi connectivity index (χ4v) is 4.89. The Balaban J connectivity index is 1.57. The minimum atomic E-state index is -4.06. The second-order valence-electron chi connectivity index (χ2n) is 6.64. The fourth-order valence-electron chi connectivity index (χ4n) is 2.94. The molecular formula is C21H16FN3O5S2. The summed E-state index contributed by atoms with van der Waals surface area (Å²) in [6, 6.07) is 14.6. The average molecular weight is 474 g/mol. The number of hydrogen-bond acceptors (Lipinski definition) is 6. The lowest BCUT2D eigenvalue weighted by Gasteiger charge is -2.13. The Bertz CT molecular complexity index is 1420. The molecule has 4 rings (SSSR count). The fraction of sp³-hybridized carbons (Fsp3) is 0.0476. The van der Waals surface area contributed by atoms with E-state index in [0.717, 1.165) is 10.3 Å². The Morgan fingerprint density at radius 3 is 2.50 bits per heavy atom. The van der Waals surface area contributed by atoms with E-state index in [4.69, 9.17) is 9.84 Å². The zero-order chi connectivity index (χ0) is 22.9. The number of halogens is 1. The van der Waals surface area contributed by atoms with Gasteiger partial charge in [0.25, 0.3) is 0 Å². The molecule has 0 aliphatic carbocycles. The van der Waals surface area contributed by atoms with E-state index in [9.17, 15) is 17.6 Å². The maximum Gasteiger partial charge on any atom is 0.335 e. The molecule has 32 heavy (non-hydrogen) atoms. The number of fused-ring (bicyclic) bond motifs is 1. The highest BCUT2D eigenvalue weighted by Gasteiger charge is 2.16. The van der Waals surface area contributed by atoms with E-state index in [-0.39, 0.29) is 22.8 Å². The van der Waals surface area contributed by atoms with Crippen LogP contribution in [0.5, 0.6) is 5.75 Å². The molecule has 3 N–H and O–H groups in total. The first-order valence-corrected chi connectivity index (χ1v) is 11.4. The molecule has 0 unspecified atom stereocenters. The van der Waals surface area contributed by atoms with Crippen LogP contribution in [0.4, 0.5) is 15.8 Å². The predicted molar refractivity (Wildman–Crippen MR) is 121 cm³/mol. The largest absolute Gasteiger partial charge is 0.495 e. The lowest BCUT2D eigenvalue weighted by atomic mass is 10.2. The van der Waals surface area contributed by atoms with Gasteiger partial charge in [-0.25, -0.2) is 14.2 Å². The summed E-state index contributed by atoms with van der Waals surface area (Å²) in [5, 5.41) is 9.75. The summed E-state index contributed by atoms with van der Waals surface area (Å²) in [5.41, 5.74) is 1.79. The van der Waals surface area contributed by atoms with E-state index in [1.54, 1.807) is 30.3 Å². The van der Waals surface area contributed by atoms with Gasteiger partial charge in [0.1, 0.15) is 16.6 Å². The maximum atomic E-state index is 13.2. The summed E-state index contributed by atoms with van der Waals surface area (Å²) in [5.74, 6) is -1.43. The van der Waals surface area contributed by atoms with Crippen molar-refractivity contribution in [3.8, 4) is 16.3 Å². The predicted octanol–water partition coefficient (Wildman–Crippen LogP) is 4.58. The molecule has 1 aromatic heterocycles. The second-order valence-corrected chi connectivity index (χ2v) is 9.08. The number of hydrogen-bond donors (Lipinski definition) is 3. The van der Waals surface area contributed by atoms with Crippen LogP contribution < -0.4 is 14.2 Å². The molecule has 0 radical (unpaired) electrons. The van der Waals surface area contributed by atoms with Crippen LogP contribution >= 0.6 is 11.3 Å². The van der Waals surface area contributed by atoms with Crippen molar-refractivity contribution in [3.05, 3.63) is 72.0 Å². The number of aromatic carboxylic acids is 1. The number of aromatic nitrogens is 1. The number of methoxy groups -OCH3 is 1. The van der Waals surface area contributed by atoms with Gasteiger partial charge in [-0.15, -0.1) is 11.3 Å². The van der Waals surface area contributed by atoms with Crippen LogP contribution in [0, 0.1) is 5.82 Å². The van der Waals surface area contributed by atoms with Crippen LogP contribution in [0.1, 0.15) is 10.4 Å². The summed E-state index contributed by atoms with van der Waals surface area (Å²) >= 11 is 1.35. The Morgan fingerprint density at radius 1 is 1.06 bits per heavy atom. The quantitative estimate of drug-likeness (QED) is 0.362. The van der Waals surface area contributed by atoms with Gasteiger partial charge < -0.3 is 9.84 Å². The molecule has 0 saturated carbocycles. The van der Waals surface area contributed by atoms with Gasteiger partial charge in [0.05, 0.1) is 34.3 Å². The van der Waals surface area contributed by atoms with Crippen LogP contribution in [0.2, 0.25) is 0 Å². The molecule has 0 aliphatic heterocycles. The first-order valence-electron chi connectivity index (χ1n) is 9.12. The number of carboxylic acids is 1. The third-order valence-electron chi connectivity index (χ3n) is 4.42. The number of anilines is 2. The Morgan fingerprint density at radius 2 is 1.81 bits per heavy atom. The Kier molecular flexibility index (Phi) is 5.68. The van der Waals surface area contributed by atoms with Crippen LogP contribution in [-0.4, -0.2) is 31.6 Å². The number of nitrogens with one attached hydrogen (secondary N) is 2. The van der Waals surface area contributed by atoms with E-state index in [0.29, 0.717) is 16.2 Å². The Labute approximate surface area is 186 Å². The number of ether oxygens (including phenoxy) is 1. The number of carboxylic acid groups (broad SMARTS) is 1. The van der Waals surface area contributed by atoms with Crippen LogP contribution in [0.3, 0.4) is 0 Å². The summed E-state index contributed by atoms with van der Waals surface area (Å²) in [7, 11) is -2.75. The molecule has 0 bridgehead atoms. The van der Waals surface area contributed by atoms with Crippen molar-refractivity contribution < 1.29 is 27.4 Å². The van der Waals surface area contributed by atoms with Crippen molar-refractivity contribution in [1.82, 2.24) is 4.98 Å². The molecule has 0 atom stereocenters. The monoisotopic (exact) mass is 473 g/mol. The van der Waals surface area contributed by atoms with Crippen LogP contribution in [0.25, 0.3) is 20.8 Å². The zero-order valence-corrected chi connectivity index (χ0v) is 18.1. The lowest BCUT2D eigenvalue weighted by Crippen LogP contribution is -2.22. The summed E-state index contributed by atoms with van der Waals surface area (Å²) in [6.45, 7) is 0. The number of thiazole rings is 1. The highest BCUT2D eigenvalue weighted by Crippen LogP contribution is 2.32. The number of nitrogens with zero attached hydrogens (tertiary/aromatic N) is 1. The third-order valence-corrected chi connectivity index (χ3v) is 6.48. The van der Waals surface area contributed by atoms with Crippen LogP contribution in [0.15, 0.2) is 60.7 Å². The number of benzene rings is 3. The highest BCUT2D eigenvalue weighted by molar-refractivity contribution is 7.94. The molecule has 1 heterocycles. The van der Waals surface area contributed by atoms with E-state index < -0.39 is 16.2 Å². The molecule has 8 nitrogen and oxygen atoms in total. The lowest BCUT2D eigenvalue weighted by molar-refractivity contribution is 0.0696. The van der Waals surface area contributed by atoms with Gasteiger partial charge in [-0.3, -0.25) is 9.44 Å². The van der Waals surface area contributed by atoms with E-state index in [1.165, 1.54) is 48.8 Å². The molecule has 0 aliphatic rings. The van der Waals surface area contributed by atoms with Gasteiger partial charge in [0, 0.05) is 5.56 Å². The number of rotatable bonds is 7. The molecule has 3 aromatic carbocycles. The summed E-state index contributed by atoms with van der Waals surface area (Å²) in [4.78, 5) is 15.6. The van der Waals surface area contributed by atoms with Crippen molar-refractivity contribution >= 4 is 49.1 Å². The average Bonchev–Trinajstić information content (AvgIpc) is 3.17. The van der Waals surface area contributed by atoms with E-state index >= 15 is 0 Å². The molecule has 4 aromatic rings. The smallest absolute Gasteiger partial charge is 0.335 e. The maximum absolute atomic E-state index is 13.2. The van der Waals surface area contributed by atoms with E-state index in [2.05, 4.69) is 14.4 Å². The molecule has 0 saturated heterocycles. The van der Waals surface area contributed by atoms with Crippen molar-refractivity contribution in [2.24, 2.45) is 0 Å². The van der Waals surface area contributed by atoms with Gasteiger partial charge in [-0.2, -0.15) is 8.42 Å². The van der Waals surface area contributed by atoms with Gasteiger partial charge >= 0.3 is 16.2 Å². The normalized spacial score (nSPS) is 11.3. The first kappa shape index (κ1) is 21.5.